The van der Waals surface area contributed by atoms with E-state index in [0.29, 0.717) is 11.3 Å². The molecule has 0 spiro atoms. The summed E-state index contributed by atoms with van der Waals surface area (Å²) in [6.45, 7) is 2.91. The Kier molecular flexibility index (Phi) is 5.11. The van der Waals surface area contributed by atoms with Crippen molar-refractivity contribution in [2.24, 2.45) is 0 Å². The number of alkyl halides is 6. The SMILES string of the molecule is C#CC(C)(C)NC(=O)c1sc(C(Cl)(Cl)Cl)nc1C(F)(F)F. The standard InChI is InChI=1S/C11H8Cl3F3N2OS/c1-4-9(2,3)19-7(20)5-6(11(15,16)17)18-8(21-5)10(12,13)14/h1H,2-3H3,(H,19,20). The second-order valence-corrected chi connectivity index (χ2v) is 7.70. The van der Waals surface area contributed by atoms with Gasteiger partial charge in [0.1, 0.15) is 9.88 Å². The first-order chi connectivity index (χ1) is 9.28. The smallest absolute Gasteiger partial charge is 0.336 e. The van der Waals surface area contributed by atoms with Crippen LogP contribution >= 0.6 is 46.1 Å². The molecular weight excluding hydrogens is 372 g/mol. The van der Waals surface area contributed by atoms with Crippen molar-refractivity contribution in [3.8, 4) is 12.3 Å². The molecule has 1 amide bonds. The number of hydrogen-bond acceptors (Lipinski definition) is 3. The number of hydrogen-bond donors (Lipinski definition) is 1. The van der Waals surface area contributed by atoms with Crippen LogP contribution in [0.5, 0.6) is 0 Å². The molecule has 1 N–H and O–H groups in total. The van der Waals surface area contributed by atoms with Crippen LogP contribution in [0.25, 0.3) is 0 Å². The average molecular weight is 380 g/mol. The van der Waals surface area contributed by atoms with E-state index in [0.717, 1.165) is 0 Å². The summed E-state index contributed by atoms with van der Waals surface area (Å²) in [5.41, 5.74) is -2.55. The summed E-state index contributed by atoms with van der Waals surface area (Å²) in [6.07, 6.45) is 0.305. The number of amides is 1. The van der Waals surface area contributed by atoms with Crippen LogP contribution in [-0.2, 0) is 9.97 Å². The van der Waals surface area contributed by atoms with Gasteiger partial charge in [-0.15, -0.1) is 17.8 Å². The monoisotopic (exact) mass is 378 g/mol. The molecule has 0 aromatic carbocycles. The van der Waals surface area contributed by atoms with Crippen molar-refractivity contribution in [2.75, 3.05) is 0 Å². The van der Waals surface area contributed by atoms with E-state index >= 15 is 0 Å². The van der Waals surface area contributed by atoms with Crippen LogP contribution in [-0.4, -0.2) is 16.4 Å². The Morgan fingerprint density at radius 2 is 1.86 bits per heavy atom. The highest BCUT2D eigenvalue weighted by Crippen LogP contribution is 2.44. The van der Waals surface area contributed by atoms with E-state index in [2.05, 4.69) is 16.2 Å². The summed E-state index contributed by atoms with van der Waals surface area (Å²) in [5.74, 6) is 1.19. The van der Waals surface area contributed by atoms with Crippen LogP contribution in [0.15, 0.2) is 0 Å². The second kappa shape index (κ2) is 5.84. The molecule has 1 heterocycles. The minimum absolute atomic E-state index is 0.345. The number of terminal acetylenes is 1. The van der Waals surface area contributed by atoms with Gasteiger partial charge in [-0.1, -0.05) is 40.7 Å². The van der Waals surface area contributed by atoms with Crippen LogP contribution in [0, 0.1) is 12.3 Å². The first-order valence-electron chi connectivity index (χ1n) is 5.23. The lowest BCUT2D eigenvalue weighted by molar-refractivity contribution is -0.141. The van der Waals surface area contributed by atoms with Crippen LogP contribution in [0.4, 0.5) is 13.2 Å². The maximum Gasteiger partial charge on any atom is 0.435 e. The van der Waals surface area contributed by atoms with Crippen molar-refractivity contribution < 1.29 is 18.0 Å². The lowest BCUT2D eigenvalue weighted by atomic mass is 10.1. The van der Waals surface area contributed by atoms with Gasteiger partial charge in [-0.25, -0.2) is 4.98 Å². The Balaban J connectivity index is 3.32. The number of halogens is 6. The first kappa shape index (κ1) is 18.4. The molecule has 10 heteroatoms. The molecule has 1 rings (SSSR count). The van der Waals surface area contributed by atoms with E-state index in [4.69, 9.17) is 41.2 Å². The second-order valence-electron chi connectivity index (χ2n) is 4.42. The lowest BCUT2D eigenvalue weighted by Crippen LogP contribution is -2.42. The van der Waals surface area contributed by atoms with Gasteiger partial charge >= 0.3 is 6.18 Å². The third kappa shape index (κ3) is 4.65. The topological polar surface area (TPSA) is 42.0 Å². The molecule has 0 saturated heterocycles. The van der Waals surface area contributed by atoms with Crippen LogP contribution in [0.3, 0.4) is 0 Å². The van der Waals surface area contributed by atoms with Gasteiger partial charge < -0.3 is 5.32 Å². The number of carbonyl (C=O) groups excluding carboxylic acids is 1. The molecule has 1 aromatic heterocycles. The minimum Gasteiger partial charge on any atom is -0.336 e. The molecule has 1 aromatic rings. The molecule has 116 valence electrons. The lowest BCUT2D eigenvalue weighted by Gasteiger charge is -2.19. The van der Waals surface area contributed by atoms with E-state index in [1.165, 1.54) is 13.8 Å². The molecule has 3 nitrogen and oxygen atoms in total. The van der Waals surface area contributed by atoms with E-state index in [9.17, 15) is 18.0 Å². The van der Waals surface area contributed by atoms with E-state index in [1.54, 1.807) is 0 Å². The van der Waals surface area contributed by atoms with E-state index in [1.807, 2.05) is 0 Å². The Hall–Kier alpha value is -0.680. The molecule has 0 fully saturated rings. The molecule has 0 saturated carbocycles. The van der Waals surface area contributed by atoms with Gasteiger partial charge in [0.15, 0.2) is 5.69 Å². The van der Waals surface area contributed by atoms with Crippen LogP contribution in [0.2, 0.25) is 0 Å². The largest absolute Gasteiger partial charge is 0.435 e. The summed E-state index contributed by atoms with van der Waals surface area (Å²) in [5, 5.41) is 1.81. The fourth-order valence-electron chi connectivity index (χ4n) is 1.16. The van der Waals surface area contributed by atoms with Crippen molar-refractivity contribution in [1.29, 1.82) is 0 Å². The number of nitrogens with zero attached hydrogens (tertiary/aromatic N) is 1. The predicted octanol–water partition coefficient (Wildman–Crippen LogP) is 4.13. The van der Waals surface area contributed by atoms with Crippen LogP contribution in [0.1, 0.15) is 34.2 Å². The highest BCUT2D eigenvalue weighted by Gasteiger charge is 2.42. The third-order valence-corrected chi connectivity index (χ3v) is 4.18. The molecule has 0 atom stereocenters. The van der Waals surface area contributed by atoms with Crippen molar-refractivity contribution in [1.82, 2.24) is 10.3 Å². The molecule has 0 aliphatic heterocycles. The first-order valence-corrected chi connectivity index (χ1v) is 7.18. The van der Waals surface area contributed by atoms with E-state index < -0.39 is 37.0 Å². The van der Waals surface area contributed by atoms with E-state index in [-0.39, 0.29) is 0 Å². The predicted molar refractivity (Wildman–Crippen MR) is 76.7 cm³/mol. The summed E-state index contributed by atoms with van der Waals surface area (Å²) in [6, 6.07) is 0. The molecule has 0 bridgehead atoms. The van der Waals surface area contributed by atoms with Crippen molar-refractivity contribution >= 4 is 52.0 Å². The number of aromatic nitrogens is 1. The van der Waals surface area contributed by atoms with Gasteiger partial charge in [0.2, 0.25) is 3.79 Å². The van der Waals surface area contributed by atoms with Gasteiger partial charge in [0.05, 0.1) is 5.54 Å². The Morgan fingerprint density at radius 1 is 1.33 bits per heavy atom. The molecule has 21 heavy (non-hydrogen) atoms. The molecule has 0 aliphatic rings. The van der Waals surface area contributed by atoms with Gasteiger partial charge in [-0.2, -0.15) is 13.2 Å². The van der Waals surface area contributed by atoms with Gasteiger partial charge in [-0.05, 0) is 13.8 Å². The maximum absolute atomic E-state index is 12.9. The molecule has 0 aliphatic carbocycles. The summed E-state index contributed by atoms with van der Waals surface area (Å²) >= 11 is 16.9. The number of carbonyl (C=O) groups is 1. The summed E-state index contributed by atoms with van der Waals surface area (Å²) < 4.78 is 36.6. The summed E-state index contributed by atoms with van der Waals surface area (Å²) in [4.78, 5) is 14.5. The Bertz CT molecular complexity index is 599. The Morgan fingerprint density at radius 3 is 2.24 bits per heavy atom. The zero-order valence-electron chi connectivity index (χ0n) is 10.6. The molecular formula is C11H8Cl3F3N2OS. The van der Waals surface area contributed by atoms with Gasteiger partial charge in [-0.3, -0.25) is 4.79 Å². The minimum atomic E-state index is -4.86. The number of nitrogens with one attached hydrogen (secondary N) is 1. The van der Waals surface area contributed by atoms with Crippen molar-refractivity contribution in [3.05, 3.63) is 15.6 Å². The highest BCUT2D eigenvalue weighted by atomic mass is 35.6. The maximum atomic E-state index is 12.9. The normalized spacial score (nSPS) is 12.9. The molecule has 0 radical (unpaired) electrons. The average Bonchev–Trinajstić information content (AvgIpc) is 2.72. The number of rotatable bonds is 2. The summed E-state index contributed by atoms with van der Waals surface area (Å²) in [7, 11) is 0. The third-order valence-electron chi connectivity index (χ3n) is 2.13. The highest BCUT2D eigenvalue weighted by molar-refractivity contribution is 7.15. The van der Waals surface area contributed by atoms with Gasteiger partial charge in [0, 0.05) is 0 Å². The zero-order chi connectivity index (χ0) is 16.6. The molecule has 0 unspecified atom stereocenters. The number of thiazole rings is 1. The fourth-order valence-corrected chi connectivity index (χ4v) is 2.49. The van der Waals surface area contributed by atoms with Crippen LogP contribution < -0.4 is 5.32 Å². The van der Waals surface area contributed by atoms with Crippen molar-refractivity contribution in [2.45, 2.75) is 29.4 Å². The quantitative estimate of drug-likeness (QED) is 0.620. The zero-order valence-corrected chi connectivity index (χ0v) is 13.7. The fraction of sp³-hybridized carbons (Fsp3) is 0.455. The van der Waals surface area contributed by atoms with Crippen molar-refractivity contribution in [3.63, 3.8) is 0 Å². The van der Waals surface area contributed by atoms with Gasteiger partial charge in [0.25, 0.3) is 5.91 Å². The Labute approximate surface area is 137 Å².